The molecule has 0 fully saturated rings. The van der Waals surface area contributed by atoms with Crippen LogP contribution in [0.1, 0.15) is 0 Å². The fourth-order valence-electron chi connectivity index (χ4n) is 5.63. The first kappa shape index (κ1) is 25.8. The maximum atomic E-state index is 6.79. The summed E-state index contributed by atoms with van der Waals surface area (Å²) < 4.78 is 0. The highest BCUT2D eigenvalue weighted by Crippen LogP contribution is 2.51. The summed E-state index contributed by atoms with van der Waals surface area (Å²) in [5, 5.41) is 2.98. The number of hydrogen-bond donors (Lipinski definition) is 2. The van der Waals surface area contributed by atoms with Crippen molar-refractivity contribution in [2.75, 3.05) is 0 Å². The molecule has 0 aliphatic carbocycles. The van der Waals surface area contributed by atoms with E-state index in [4.69, 9.17) is 76.3 Å². The lowest BCUT2D eigenvalue weighted by molar-refractivity contribution is 1.16. The van der Waals surface area contributed by atoms with Crippen molar-refractivity contribution in [1.82, 2.24) is 44.9 Å². The number of aromatic nitrogens is 9. The summed E-state index contributed by atoms with van der Waals surface area (Å²) in [4.78, 5) is 40.7. The molecule has 0 unspecified atom stereocenters. The van der Waals surface area contributed by atoms with Crippen molar-refractivity contribution >= 4 is 90.7 Å². The third-order valence-corrected chi connectivity index (χ3v) is 9.42. The standard InChI is InChI=1S/C31H13Cl4N9/c32-19-17-18(20(33)22(35)21(19)34)30-41-26-14-8-3-4-9-15(14)27(38-26)42-31-23-16(10-5-11-36-23)28(43-31)39-24-12-6-1-2-7-13(12)25(37-24)40-29(17)44-30/h1-11H,(H2,37,38,39,40,41,42,43,44). The van der Waals surface area contributed by atoms with E-state index in [1.165, 1.54) is 0 Å². The minimum Gasteiger partial charge on any atom is -0.324 e. The third-order valence-electron chi connectivity index (χ3n) is 7.62. The number of halogens is 4. The topological polar surface area (TPSA) is 122 Å². The fraction of sp³-hybridized carbons (Fsp3) is 0. The first-order valence-corrected chi connectivity index (χ1v) is 14.8. The molecule has 0 saturated carbocycles. The van der Waals surface area contributed by atoms with Gasteiger partial charge in [-0.3, -0.25) is 4.98 Å². The summed E-state index contributed by atoms with van der Waals surface area (Å²) in [6, 6.07) is 19.2. The molecule has 0 amide bonds. The molecule has 0 atom stereocenters. The Morgan fingerprint density at radius 1 is 0.432 bits per heavy atom. The van der Waals surface area contributed by atoms with E-state index in [0.717, 1.165) is 27.3 Å². The largest absolute Gasteiger partial charge is 0.324 e. The molecule has 0 saturated heterocycles. The Balaban J connectivity index is 1.53. The van der Waals surface area contributed by atoms with Gasteiger partial charge >= 0.3 is 0 Å². The number of benzene rings is 3. The van der Waals surface area contributed by atoms with Crippen LogP contribution >= 0.6 is 46.4 Å². The maximum Gasteiger partial charge on any atom is 0.166 e. The van der Waals surface area contributed by atoms with Crippen LogP contribution in [0.3, 0.4) is 0 Å². The Labute approximate surface area is 267 Å². The molecular formula is C31H13Cl4N9. The molecule has 9 rings (SSSR count). The lowest BCUT2D eigenvalue weighted by atomic mass is 10.1. The van der Waals surface area contributed by atoms with Gasteiger partial charge in [-0.1, -0.05) is 94.9 Å². The summed E-state index contributed by atoms with van der Waals surface area (Å²) >= 11 is 26.6. The van der Waals surface area contributed by atoms with Gasteiger partial charge in [0.1, 0.15) is 22.5 Å². The molecule has 13 heteroatoms. The molecule has 8 bridgehead atoms. The van der Waals surface area contributed by atoms with E-state index in [-0.39, 0.29) is 31.7 Å². The Hall–Kier alpha value is -4.67. The Kier molecular flexibility index (Phi) is 5.52. The molecule has 9 nitrogen and oxygen atoms in total. The number of nitrogens with zero attached hydrogens (tertiary/aromatic N) is 7. The first-order valence-electron chi connectivity index (χ1n) is 13.3. The predicted molar refractivity (Wildman–Crippen MR) is 174 cm³/mol. The monoisotopic (exact) mass is 651 g/mol. The molecule has 0 spiro atoms. The van der Waals surface area contributed by atoms with Crippen molar-refractivity contribution in [3.8, 4) is 45.6 Å². The minimum absolute atomic E-state index is 0.0937. The number of H-pyrrole nitrogens is 2. The van der Waals surface area contributed by atoms with Crippen molar-refractivity contribution in [1.29, 1.82) is 0 Å². The van der Waals surface area contributed by atoms with Crippen LogP contribution in [0.2, 0.25) is 20.1 Å². The molecule has 7 aromatic rings. The zero-order valence-corrected chi connectivity index (χ0v) is 25.0. The molecule has 3 aromatic carbocycles. The SMILES string of the molecule is Clc1c(Cl)c(Cl)c2c(c1Cl)-c1nc3nc(nc4[nH]c(nc5[nH]c(nc-2n1)c1ccccc51)c1cccnc41)-c1ccccc1-3. The van der Waals surface area contributed by atoms with E-state index in [1.807, 2.05) is 60.7 Å². The van der Waals surface area contributed by atoms with Crippen LogP contribution in [0.5, 0.6) is 0 Å². The predicted octanol–water partition coefficient (Wildman–Crippen LogP) is 8.88. The number of pyridine rings is 1. The van der Waals surface area contributed by atoms with Gasteiger partial charge in [0.2, 0.25) is 0 Å². The van der Waals surface area contributed by atoms with E-state index in [0.29, 0.717) is 50.9 Å². The lowest BCUT2D eigenvalue weighted by Gasteiger charge is -2.09. The third kappa shape index (κ3) is 3.64. The first-order chi connectivity index (χ1) is 21.5. The number of hydrogen-bond acceptors (Lipinski definition) is 7. The van der Waals surface area contributed by atoms with E-state index in [1.54, 1.807) is 6.20 Å². The van der Waals surface area contributed by atoms with Crippen LogP contribution in [0.4, 0.5) is 0 Å². The molecule has 2 aliphatic rings. The molecular weight excluding hydrogens is 640 g/mol. The lowest BCUT2D eigenvalue weighted by Crippen LogP contribution is -1.89. The molecule has 2 N–H and O–H groups in total. The van der Waals surface area contributed by atoms with Crippen molar-refractivity contribution in [3.63, 3.8) is 0 Å². The Bertz CT molecular complexity index is 2580. The van der Waals surface area contributed by atoms with Crippen molar-refractivity contribution in [3.05, 3.63) is 87.0 Å². The van der Waals surface area contributed by atoms with Gasteiger partial charge in [-0.15, -0.1) is 0 Å². The Morgan fingerprint density at radius 2 is 0.909 bits per heavy atom. The summed E-state index contributed by atoms with van der Waals surface area (Å²) in [5.74, 6) is 1.33. The van der Waals surface area contributed by atoms with Gasteiger partial charge in [-0.2, -0.15) is 0 Å². The maximum absolute atomic E-state index is 6.79. The molecule has 4 aromatic heterocycles. The van der Waals surface area contributed by atoms with Gasteiger partial charge < -0.3 is 9.97 Å². The summed E-state index contributed by atoms with van der Waals surface area (Å²) in [6.45, 7) is 0. The fourth-order valence-corrected chi connectivity index (χ4v) is 6.65. The van der Waals surface area contributed by atoms with E-state index < -0.39 is 0 Å². The van der Waals surface area contributed by atoms with E-state index in [9.17, 15) is 0 Å². The average molecular weight is 653 g/mol. The van der Waals surface area contributed by atoms with E-state index in [2.05, 4.69) is 15.0 Å². The van der Waals surface area contributed by atoms with Gasteiger partial charge in [-0.05, 0) is 12.1 Å². The van der Waals surface area contributed by atoms with Gasteiger partial charge in [0, 0.05) is 33.5 Å². The second kappa shape index (κ2) is 9.41. The second-order valence-corrected chi connectivity index (χ2v) is 11.6. The van der Waals surface area contributed by atoms with Crippen molar-refractivity contribution in [2.45, 2.75) is 0 Å². The van der Waals surface area contributed by atoms with Crippen LogP contribution in [0.25, 0.3) is 89.8 Å². The highest BCUT2D eigenvalue weighted by Gasteiger charge is 2.31. The number of nitrogens with one attached hydrogen (secondary N) is 2. The van der Waals surface area contributed by atoms with Crippen LogP contribution in [0.15, 0.2) is 66.9 Å². The zero-order chi connectivity index (χ0) is 29.7. The normalized spacial score (nSPS) is 12.1. The quantitative estimate of drug-likeness (QED) is 0.124. The second-order valence-electron chi connectivity index (χ2n) is 10.1. The van der Waals surface area contributed by atoms with Crippen LogP contribution in [-0.4, -0.2) is 44.9 Å². The van der Waals surface area contributed by atoms with Crippen LogP contribution < -0.4 is 0 Å². The van der Waals surface area contributed by atoms with Gasteiger partial charge in [-0.25, -0.2) is 29.9 Å². The molecule has 44 heavy (non-hydrogen) atoms. The van der Waals surface area contributed by atoms with Gasteiger partial charge in [0.05, 0.1) is 31.2 Å². The molecule has 210 valence electrons. The Morgan fingerprint density at radius 3 is 1.61 bits per heavy atom. The highest BCUT2D eigenvalue weighted by molar-refractivity contribution is 6.54. The summed E-state index contributed by atoms with van der Waals surface area (Å²) in [7, 11) is 0. The average Bonchev–Trinajstić information content (AvgIpc) is 3.78. The van der Waals surface area contributed by atoms with Crippen LogP contribution in [-0.2, 0) is 0 Å². The van der Waals surface area contributed by atoms with Crippen LogP contribution in [0, 0.1) is 0 Å². The number of fused-ring (bicyclic) bond motifs is 20. The molecule has 0 radical (unpaired) electrons. The van der Waals surface area contributed by atoms with Crippen molar-refractivity contribution in [2.24, 2.45) is 0 Å². The highest BCUT2D eigenvalue weighted by atomic mass is 35.5. The number of aromatic amines is 2. The van der Waals surface area contributed by atoms with Gasteiger partial charge in [0.25, 0.3) is 0 Å². The molecule has 2 aliphatic heterocycles. The van der Waals surface area contributed by atoms with Gasteiger partial charge in [0.15, 0.2) is 28.9 Å². The van der Waals surface area contributed by atoms with Crippen molar-refractivity contribution < 1.29 is 0 Å². The van der Waals surface area contributed by atoms with E-state index >= 15 is 0 Å². The minimum atomic E-state index is 0.0937. The number of rotatable bonds is 0. The summed E-state index contributed by atoms with van der Waals surface area (Å²) in [5.41, 5.74) is 5.21. The smallest absolute Gasteiger partial charge is 0.166 e. The zero-order valence-electron chi connectivity index (χ0n) is 22.0. The molecule has 6 heterocycles. The summed E-state index contributed by atoms with van der Waals surface area (Å²) in [6.07, 6.45) is 1.72.